The maximum Gasteiger partial charge on any atom is 0.248 e. The summed E-state index contributed by atoms with van der Waals surface area (Å²) >= 11 is 0. The molecule has 12 atom stereocenters. The van der Waals surface area contributed by atoms with Crippen LogP contribution in [0.4, 0.5) is 0 Å². The lowest BCUT2D eigenvalue weighted by Gasteiger charge is -2.31. The van der Waals surface area contributed by atoms with E-state index >= 15 is 0 Å². The predicted octanol–water partition coefficient (Wildman–Crippen LogP) is -6.05. The van der Waals surface area contributed by atoms with E-state index in [1.165, 1.54) is 19.3 Å². The second kappa shape index (κ2) is 32.1. The molecule has 2 saturated heterocycles. The van der Waals surface area contributed by atoms with Gasteiger partial charge < -0.3 is 94.4 Å². The minimum Gasteiger partial charge on any atom is -0.508 e. The van der Waals surface area contributed by atoms with E-state index in [2.05, 4.69) is 33.5 Å². The molecule has 1 aromatic rings. The van der Waals surface area contributed by atoms with Crippen molar-refractivity contribution >= 4 is 59.1 Å². The number of phenols is 1. The summed E-state index contributed by atoms with van der Waals surface area (Å²) in [4.78, 5) is 136. The van der Waals surface area contributed by atoms with Crippen molar-refractivity contribution < 1.29 is 88.8 Å². The van der Waals surface area contributed by atoms with Gasteiger partial charge in [0.1, 0.15) is 48.1 Å². The zero-order valence-electron chi connectivity index (χ0n) is 42.4. The molecule has 0 bridgehead atoms. The van der Waals surface area contributed by atoms with Gasteiger partial charge in [-0.1, -0.05) is 83.3 Å². The van der Waals surface area contributed by atoms with Crippen LogP contribution in [0.15, 0.2) is 24.3 Å². The smallest absolute Gasteiger partial charge is 0.248 e. The number of aliphatic hydroxyl groups excluding tert-OH is 7. The molecule has 2 aliphatic heterocycles. The number of amides is 10. The molecular weight excluding hydrogens is 1000 g/mol. The molecule has 0 radical (unpaired) electrons. The third-order valence-electron chi connectivity index (χ3n) is 13.0. The number of phenolic OH excluding ortho intramolecular Hbond substituents is 1. The summed E-state index contributed by atoms with van der Waals surface area (Å²) in [6.07, 6.45) is -0.426. The average Bonchev–Trinajstić information content (AvgIpc) is 3.78. The van der Waals surface area contributed by atoms with E-state index in [1.807, 2.05) is 10.6 Å². The fraction of sp³-hybridized carbons (Fsp3) is 0.667. The van der Waals surface area contributed by atoms with Crippen molar-refractivity contribution in [2.45, 2.75) is 176 Å². The molecule has 0 unspecified atom stereocenters. The Morgan fingerprint density at radius 1 is 0.632 bits per heavy atom. The summed E-state index contributed by atoms with van der Waals surface area (Å²) in [5, 5.41) is 99.9. The Hall–Kier alpha value is -6.56. The summed E-state index contributed by atoms with van der Waals surface area (Å²) in [6, 6.07) is -9.79. The van der Waals surface area contributed by atoms with E-state index in [1.54, 1.807) is 0 Å². The van der Waals surface area contributed by atoms with Crippen molar-refractivity contribution in [1.82, 2.24) is 42.1 Å². The molecule has 0 aromatic heterocycles. The largest absolute Gasteiger partial charge is 0.508 e. The average molecular weight is 1080 g/mol. The van der Waals surface area contributed by atoms with Gasteiger partial charge in [-0.15, -0.1) is 0 Å². The van der Waals surface area contributed by atoms with Gasteiger partial charge in [0, 0.05) is 25.4 Å². The van der Waals surface area contributed by atoms with Gasteiger partial charge in [-0.25, -0.2) is 0 Å². The summed E-state index contributed by atoms with van der Waals surface area (Å²) in [6.45, 7) is -1.52. The Labute approximate surface area is 438 Å². The first-order chi connectivity index (χ1) is 36.0. The van der Waals surface area contributed by atoms with E-state index in [4.69, 9.17) is 11.5 Å². The molecule has 0 aliphatic carbocycles. The van der Waals surface area contributed by atoms with E-state index in [-0.39, 0.29) is 24.2 Å². The first kappa shape index (κ1) is 63.7. The normalized spacial score (nSPS) is 25.6. The van der Waals surface area contributed by atoms with Crippen LogP contribution in [0.25, 0.3) is 0 Å². The second-order valence-electron chi connectivity index (χ2n) is 19.0. The summed E-state index contributed by atoms with van der Waals surface area (Å²) in [7, 11) is 0. The maximum atomic E-state index is 14.2. The van der Waals surface area contributed by atoms with Gasteiger partial charge in [-0.05, 0) is 37.0 Å². The Bertz CT molecular complexity index is 2140. The van der Waals surface area contributed by atoms with Crippen molar-refractivity contribution in [1.29, 1.82) is 0 Å². The number of hydrogen-bond acceptors (Lipinski definition) is 18. The molecule has 426 valence electrons. The molecule has 3 rings (SSSR count). The standard InChI is InChI=1S/C48H76N10O18/c1-2-3-4-5-6-7-8-9-10-11-12-27(61)18-15-26-19-33(64)51-21-34(65)53-31(24-60)48(76)58-22-29(63)20-32(58)44(72)54-30(23-59)43(71)55-35(38(66)25-13-16-28(62)17-14-25)46(74)57-37(40(68)42(50)70)47(75)56-36(45(73)52-26)39(67)41(49)69/h13-14,16-17,26-27,29-32,35-40,59-63,66-68H,2-12,15,18-24H2,1H3,(H2,49,69)(H2,50,70)(H,51,64)(H,52,73)(H,53,65)(H,54,72)(H,55,71)(H,56,75)(H,57,74)/t26-,27-,29-,30-,31+,32+,35-,36-,37-,38+,39+,40-/m1/s1. The number of fused-ring (bicyclic) bond motifs is 1. The van der Waals surface area contributed by atoms with Crippen molar-refractivity contribution in [2.24, 2.45) is 11.5 Å². The van der Waals surface area contributed by atoms with Gasteiger partial charge in [0.25, 0.3) is 0 Å². The highest BCUT2D eigenvalue weighted by Gasteiger charge is 2.44. The molecule has 2 heterocycles. The molecule has 1 aromatic carbocycles. The van der Waals surface area contributed by atoms with Gasteiger partial charge >= 0.3 is 0 Å². The van der Waals surface area contributed by atoms with E-state index in [0.717, 1.165) is 67.7 Å². The predicted molar refractivity (Wildman–Crippen MR) is 265 cm³/mol. The van der Waals surface area contributed by atoms with Crippen LogP contribution in [0, 0.1) is 0 Å². The number of hydrogen-bond donors (Lipinski definition) is 17. The molecule has 0 spiro atoms. The Kier molecular flexibility index (Phi) is 26.9. The number of nitrogens with one attached hydrogen (secondary N) is 7. The van der Waals surface area contributed by atoms with Crippen LogP contribution in [0.1, 0.15) is 115 Å². The van der Waals surface area contributed by atoms with Crippen LogP contribution in [-0.4, -0.2) is 198 Å². The fourth-order valence-corrected chi connectivity index (χ4v) is 8.59. The number of nitrogens with zero attached hydrogens (tertiary/aromatic N) is 1. The van der Waals surface area contributed by atoms with Crippen LogP contribution in [0.5, 0.6) is 5.75 Å². The highest BCUT2D eigenvalue weighted by Crippen LogP contribution is 2.23. The number of carbonyl (C=O) groups excluding carboxylic acids is 10. The number of aromatic hydroxyl groups is 1. The van der Waals surface area contributed by atoms with E-state index in [0.29, 0.717) is 12.8 Å². The van der Waals surface area contributed by atoms with Crippen LogP contribution in [-0.2, 0) is 47.9 Å². The lowest BCUT2D eigenvalue weighted by Crippen LogP contribution is -2.66. The lowest BCUT2D eigenvalue weighted by molar-refractivity contribution is -0.144. The van der Waals surface area contributed by atoms with E-state index in [9.17, 15) is 88.8 Å². The molecule has 19 N–H and O–H groups in total. The number of rotatable bonds is 22. The van der Waals surface area contributed by atoms with Gasteiger partial charge in [0.05, 0.1) is 32.0 Å². The summed E-state index contributed by atoms with van der Waals surface area (Å²) in [5.41, 5.74) is 10.4. The minimum absolute atomic E-state index is 0.0400. The number of benzene rings is 1. The monoisotopic (exact) mass is 1080 g/mol. The zero-order valence-corrected chi connectivity index (χ0v) is 42.4. The number of primary amides is 2. The molecule has 2 aliphatic rings. The molecule has 76 heavy (non-hydrogen) atoms. The van der Waals surface area contributed by atoms with Crippen LogP contribution in [0.3, 0.4) is 0 Å². The number of aliphatic hydroxyl groups is 7. The highest BCUT2D eigenvalue weighted by atomic mass is 16.3. The minimum atomic E-state index is -2.71. The zero-order chi connectivity index (χ0) is 56.6. The summed E-state index contributed by atoms with van der Waals surface area (Å²) in [5.74, 6) is -14.1. The fourth-order valence-electron chi connectivity index (χ4n) is 8.59. The van der Waals surface area contributed by atoms with Crippen molar-refractivity contribution in [3.8, 4) is 5.75 Å². The molecule has 10 amide bonds. The first-order valence-corrected chi connectivity index (χ1v) is 25.4. The van der Waals surface area contributed by atoms with Gasteiger partial charge in [-0.3, -0.25) is 47.9 Å². The number of nitrogens with two attached hydrogens (primary N) is 2. The summed E-state index contributed by atoms with van der Waals surface area (Å²) < 4.78 is 0. The third kappa shape index (κ3) is 20.2. The van der Waals surface area contributed by atoms with Crippen molar-refractivity contribution in [2.75, 3.05) is 26.3 Å². The molecular formula is C48H76N10O18. The Balaban J connectivity index is 2.05. The Morgan fingerprint density at radius 2 is 1.14 bits per heavy atom. The molecule has 0 saturated carbocycles. The van der Waals surface area contributed by atoms with Crippen molar-refractivity contribution in [3.63, 3.8) is 0 Å². The third-order valence-corrected chi connectivity index (χ3v) is 13.0. The van der Waals surface area contributed by atoms with Gasteiger partial charge in [-0.2, -0.15) is 0 Å². The van der Waals surface area contributed by atoms with Crippen LogP contribution in [0.2, 0.25) is 0 Å². The first-order valence-electron chi connectivity index (χ1n) is 25.4. The van der Waals surface area contributed by atoms with Crippen LogP contribution >= 0.6 is 0 Å². The SMILES string of the molecule is CCCCCCCCCCCC[C@@H](O)CC[C@@H]1CC(=O)NCC(=O)N[C@@H](CO)C(=O)N2C[C@H](O)C[C@H]2C(=O)N[C@H](CO)C(=O)N[C@H]([C@@H](O)c2ccc(O)cc2)C(=O)N[C@H]([C@@H](O)C(N)=O)C(=O)N[C@H]([C@H](O)C(N)=O)C(=O)N1. The highest BCUT2D eigenvalue weighted by molar-refractivity contribution is 6.01. The quantitative estimate of drug-likeness (QED) is 0.0481. The Morgan fingerprint density at radius 3 is 1.68 bits per heavy atom. The van der Waals surface area contributed by atoms with Crippen molar-refractivity contribution in [3.05, 3.63) is 29.8 Å². The number of carbonyl (C=O) groups is 10. The van der Waals surface area contributed by atoms with Crippen LogP contribution < -0.4 is 48.7 Å². The second-order valence-corrected chi connectivity index (χ2v) is 19.0. The molecule has 28 heteroatoms. The van der Waals surface area contributed by atoms with E-state index < -0.39 is 171 Å². The number of unbranched alkanes of at least 4 members (excludes halogenated alkanes) is 9. The lowest BCUT2D eigenvalue weighted by atomic mass is 9.99. The topological polar surface area (TPSA) is 472 Å². The molecule has 2 fully saturated rings. The van der Waals surface area contributed by atoms with Gasteiger partial charge in [0.15, 0.2) is 12.2 Å². The molecule has 28 nitrogen and oxygen atoms in total. The van der Waals surface area contributed by atoms with Gasteiger partial charge in [0.2, 0.25) is 59.1 Å². The maximum absolute atomic E-state index is 14.2.